The highest BCUT2D eigenvalue weighted by Gasteiger charge is 2.54. The second-order valence-corrected chi connectivity index (χ2v) is 10.5. The smallest absolute Gasteiger partial charge is 0.217 e. The van der Waals surface area contributed by atoms with Crippen molar-refractivity contribution in [3.63, 3.8) is 0 Å². The van der Waals surface area contributed by atoms with Crippen molar-refractivity contribution in [3.05, 3.63) is 0 Å². The first-order valence-electron chi connectivity index (χ1n) is 13.5. The average Bonchev–Trinajstić information content (AvgIpc) is 2.94. The van der Waals surface area contributed by atoms with E-state index in [1.165, 1.54) is 0 Å². The van der Waals surface area contributed by atoms with Crippen LogP contribution in [0.1, 0.15) is 20.8 Å². The fraction of sp³-hybridized carbons (Fsp3) is 0.875. The highest BCUT2D eigenvalue weighted by atomic mass is 16.7. The number of carbonyl (C=O) groups is 3. The number of aliphatic hydroxyl groups is 8. The predicted molar refractivity (Wildman–Crippen MR) is 136 cm³/mol. The number of amides is 3. The zero-order valence-corrected chi connectivity index (χ0v) is 23.6. The minimum absolute atomic E-state index is 0.643. The number of rotatable bonds is 10. The van der Waals surface area contributed by atoms with Crippen LogP contribution in [0.3, 0.4) is 0 Å². The molecule has 3 rings (SSSR count). The number of aliphatic hydroxyl groups excluding tert-OH is 8. The maximum atomic E-state index is 12.1. The third kappa shape index (κ3) is 8.14. The van der Waals surface area contributed by atoms with Crippen molar-refractivity contribution in [1.29, 1.82) is 0 Å². The molecule has 3 heterocycles. The van der Waals surface area contributed by atoms with Crippen LogP contribution in [0, 0.1) is 0 Å². The van der Waals surface area contributed by atoms with Crippen molar-refractivity contribution >= 4 is 17.7 Å². The molecule has 0 aromatic carbocycles. The maximum Gasteiger partial charge on any atom is 0.217 e. The molecule has 3 aliphatic rings. The molecular formula is C24H41N3O16. The number of hydrogen-bond acceptors (Lipinski definition) is 16. The van der Waals surface area contributed by atoms with Gasteiger partial charge in [-0.2, -0.15) is 0 Å². The second kappa shape index (κ2) is 15.3. The van der Waals surface area contributed by atoms with E-state index in [0.717, 1.165) is 20.8 Å². The largest absolute Gasteiger partial charge is 0.394 e. The summed E-state index contributed by atoms with van der Waals surface area (Å²) in [5, 5.41) is 90.0. The van der Waals surface area contributed by atoms with E-state index in [9.17, 15) is 55.2 Å². The monoisotopic (exact) mass is 627 g/mol. The molecule has 11 N–H and O–H groups in total. The van der Waals surface area contributed by atoms with Crippen LogP contribution in [0.5, 0.6) is 0 Å². The molecule has 0 saturated carbocycles. The molecule has 19 heteroatoms. The molecule has 0 radical (unpaired) electrons. The summed E-state index contributed by atoms with van der Waals surface area (Å²) in [5.41, 5.74) is 0. The SMILES string of the molecule is CC(=O)N[C@H]1[C@H](O[C@H]2[C@@H](O)[C@@H](CO)OC(O)[C@@H]2NC(C)=O)O[C@H](CO)[C@@H](O[C@@H]2O[C@H](CO)[C@H](O)[C@H](O)[C@H]2NC(C)=O)[C@@H]1O. The normalized spacial score (nSPS) is 43.5. The van der Waals surface area contributed by atoms with Gasteiger partial charge in [0.1, 0.15) is 73.1 Å². The Kier molecular flexibility index (Phi) is 12.5. The number of carbonyl (C=O) groups excluding carboxylic acids is 3. The molecule has 248 valence electrons. The zero-order chi connectivity index (χ0) is 32.2. The molecule has 43 heavy (non-hydrogen) atoms. The van der Waals surface area contributed by atoms with Crippen LogP contribution >= 0.6 is 0 Å². The minimum atomic E-state index is -1.78. The van der Waals surface area contributed by atoms with E-state index >= 15 is 0 Å². The fourth-order valence-corrected chi connectivity index (χ4v) is 5.27. The van der Waals surface area contributed by atoms with Gasteiger partial charge in [-0.1, -0.05) is 0 Å². The first-order chi connectivity index (χ1) is 20.2. The van der Waals surface area contributed by atoms with Gasteiger partial charge in [0.2, 0.25) is 17.7 Å². The van der Waals surface area contributed by atoms with Gasteiger partial charge < -0.3 is 80.5 Å². The Morgan fingerprint density at radius 3 is 1.47 bits per heavy atom. The first kappa shape index (κ1) is 35.4. The summed E-state index contributed by atoms with van der Waals surface area (Å²) in [5.74, 6) is -1.98. The summed E-state index contributed by atoms with van der Waals surface area (Å²) >= 11 is 0. The zero-order valence-electron chi connectivity index (χ0n) is 23.6. The van der Waals surface area contributed by atoms with E-state index in [0.29, 0.717) is 0 Å². The third-order valence-corrected chi connectivity index (χ3v) is 7.30. The van der Waals surface area contributed by atoms with Gasteiger partial charge in [0.25, 0.3) is 0 Å². The summed E-state index contributed by atoms with van der Waals surface area (Å²) in [4.78, 5) is 35.7. The van der Waals surface area contributed by atoms with E-state index in [4.69, 9.17) is 23.7 Å². The van der Waals surface area contributed by atoms with Crippen LogP contribution in [0.4, 0.5) is 0 Å². The van der Waals surface area contributed by atoms with Crippen molar-refractivity contribution in [2.75, 3.05) is 19.8 Å². The summed E-state index contributed by atoms with van der Waals surface area (Å²) in [7, 11) is 0. The second-order valence-electron chi connectivity index (χ2n) is 10.5. The summed E-state index contributed by atoms with van der Waals surface area (Å²) < 4.78 is 28.2. The van der Waals surface area contributed by atoms with Gasteiger partial charge >= 0.3 is 0 Å². The van der Waals surface area contributed by atoms with Crippen molar-refractivity contribution in [3.8, 4) is 0 Å². The van der Waals surface area contributed by atoms with Crippen molar-refractivity contribution in [1.82, 2.24) is 16.0 Å². The lowest BCUT2D eigenvalue weighted by atomic mass is 9.93. The molecule has 0 bridgehead atoms. The molecule has 0 aromatic heterocycles. The Hall–Kier alpha value is -2.11. The summed E-state index contributed by atoms with van der Waals surface area (Å²) in [6.07, 6.45) is -19.1. The lowest BCUT2D eigenvalue weighted by molar-refractivity contribution is -0.349. The molecular weight excluding hydrogens is 586 g/mol. The van der Waals surface area contributed by atoms with Gasteiger partial charge in [-0.05, 0) is 0 Å². The van der Waals surface area contributed by atoms with Gasteiger partial charge in [-0.25, -0.2) is 0 Å². The molecule has 0 spiro atoms. The number of hydrogen-bond donors (Lipinski definition) is 11. The molecule has 3 amide bonds. The Labute approximate surface area is 245 Å². The first-order valence-corrected chi connectivity index (χ1v) is 13.5. The standard InChI is InChI=1S/C24H41N3O16/c1-7(31)25-13-18(36)16(34)10(4-28)40-23(13)42-20-12(6-30)41-24(14(19(20)37)26-8(2)32)43-21-15(27-9(3)33)22(38)39-11(5-29)17(21)35/h10-24,28-30,34-38H,4-6H2,1-3H3,(H,25,31)(H,26,32)(H,27,33)/t10-,11-,12-,13-,14-,15-,16+,17+,18-,19-,20-,21-,22?,23+,24+/m1/s1. The summed E-state index contributed by atoms with van der Waals surface area (Å²) in [6, 6.07) is -4.33. The molecule has 3 saturated heterocycles. The van der Waals surface area contributed by atoms with Gasteiger partial charge in [0, 0.05) is 20.8 Å². The van der Waals surface area contributed by atoms with E-state index in [1.807, 2.05) is 0 Å². The molecule has 15 atom stereocenters. The Morgan fingerprint density at radius 2 is 0.977 bits per heavy atom. The van der Waals surface area contributed by atoms with Crippen LogP contribution in [0.15, 0.2) is 0 Å². The molecule has 3 aliphatic heterocycles. The molecule has 0 aliphatic carbocycles. The molecule has 19 nitrogen and oxygen atoms in total. The number of nitrogens with one attached hydrogen (secondary N) is 3. The Bertz CT molecular complexity index is 962. The van der Waals surface area contributed by atoms with Crippen LogP contribution < -0.4 is 16.0 Å². The Morgan fingerprint density at radius 1 is 0.558 bits per heavy atom. The fourth-order valence-electron chi connectivity index (χ4n) is 5.27. The van der Waals surface area contributed by atoms with Gasteiger partial charge in [0.05, 0.1) is 19.8 Å². The Balaban J connectivity index is 1.92. The van der Waals surface area contributed by atoms with Gasteiger partial charge in [-0.15, -0.1) is 0 Å². The van der Waals surface area contributed by atoms with Crippen molar-refractivity contribution < 1.29 is 78.9 Å². The predicted octanol–water partition coefficient (Wildman–Crippen LogP) is -7.14. The minimum Gasteiger partial charge on any atom is -0.394 e. The van der Waals surface area contributed by atoms with E-state index in [2.05, 4.69) is 16.0 Å². The third-order valence-electron chi connectivity index (χ3n) is 7.30. The van der Waals surface area contributed by atoms with Crippen molar-refractivity contribution in [2.24, 2.45) is 0 Å². The quantitative estimate of drug-likeness (QED) is 0.107. The van der Waals surface area contributed by atoms with Crippen LogP contribution in [-0.4, -0.2) is 170 Å². The van der Waals surface area contributed by atoms with E-state index in [1.54, 1.807) is 0 Å². The molecule has 1 unspecified atom stereocenters. The van der Waals surface area contributed by atoms with E-state index in [-0.39, 0.29) is 0 Å². The lowest BCUT2D eigenvalue weighted by Crippen LogP contribution is -2.71. The maximum absolute atomic E-state index is 12.1. The highest BCUT2D eigenvalue weighted by Crippen LogP contribution is 2.32. The van der Waals surface area contributed by atoms with Crippen LogP contribution in [0.25, 0.3) is 0 Å². The van der Waals surface area contributed by atoms with Crippen molar-refractivity contribution in [2.45, 2.75) is 113 Å². The molecule has 3 fully saturated rings. The molecule has 0 aromatic rings. The lowest BCUT2D eigenvalue weighted by Gasteiger charge is -2.50. The average molecular weight is 628 g/mol. The van der Waals surface area contributed by atoms with Crippen LogP contribution in [0.2, 0.25) is 0 Å². The van der Waals surface area contributed by atoms with E-state index < -0.39 is 129 Å². The topological polar surface area (TPSA) is 295 Å². The number of ether oxygens (including phenoxy) is 5. The summed E-state index contributed by atoms with van der Waals surface area (Å²) in [6.45, 7) is 0.996. The van der Waals surface area contributed by atoms with Gasteiger partial charge in [-0.3, -0.25) is 14.4 Å². The highest BCUT2D eigenvalue weighted by molar-refractivity contribution is 5.74. The van der Waals surface area contributed by atoms with Crippen LogP contribution in [-0.2, 0) is 38.1 Å². The van der Waals surface area contributed by atoms with Gasteiger partial charge in [0.15, 0.2) is 18.9 Å².